The van der Waals surface area contributed by atoms with Gasteiger partial charge in [-0.05, 0) is 52.1 Å². The largest absolute Gasteiger partial charge is 0.453 e. The molecule has 0 amide bonds. The van der Waals surface area contributed by atoms with Gasteiger partial charge in [-0.3, -0.25) is 9.69 Å². The van der Waals surface area contributed by atoms with Crippen molar-refractivity contribution in [2.45, 2.75) is 38.1 Å². The molecule has 106 valence electrons. The van der Waals surface area contributed by atoms with Gasteiger partial charge in [0.1, 0.15) is 5.58 Å². The van der Waals surface area contributed by atoms with Gasteiger partial charge >= 0.3 is 0 Å². The first-order valence-electron chi connectivity index (χ1n) is 7.25. The lowest BCUT2D eigenvalue weighted by molar-refractivity contribution is 0.0665. The molecule has 1 heterocycles. The molecule has 1 fully saturated rings. The number of hydrogen-bond acceptors (Lipinski definition) is 3. The molecule has 1 aliphatic carbocycles. The van der Waals surface area contributed by atoms with Gasteiger partial charge in [-0.15, -0.1) is 0 Å². The molecule has 20 heavy (non-hydrogen) atoms. The molecule has 0 saturated heterocycles. The maximum atomic E-state index is 12.9. The highest BCUT2D eigenvalue weighted by molar-refractivity contribution is 6.04. The molecule has 0 unspecified atom stereocenters. The minimum atomic E-state index is -0.372. The van der Waals surface area contributed by atoms with Crippen LogP contribution < -0.4 is 0 Å². The van der Waals surface area contributed by atoms with E-state index in [2.05, 4.69) is 11.0 Å². The fourth-order valence-corrected chi connectivity index (χ4v) is 3.34. The van der Waals surface area contributed by atoms with Crippen molar-refractivity contribution in [2.24, 2.45) is 0 Å². The number of benzene rings is 1. The summed E-state index contributed by atoms with van der Waals surface area (Å²) >= 11 is 0. The molecule has 1 aromatic heterocycles. The fraction of sp³-hybridized carbons (Fsp3) is 0.471. The van der Waals surface area contributed by atoms with E-state index in [1.54, 1.807) is 0 Å². The third kappa shape index (κ3) is 1.97. The molecule has 0 N–H and O–H groups in total. The van der Waals surface area contributed by atoms with E-state index in [-0.39, 0.29) is 11.3 Å². The van der Waals surface area contributed by atoms with Crippen LogP contribution >= 0.6 is 0 Å². The zero-order chi connectivity index (χ0) is 14.3. The number of Topliss-reactive ketones (excluding diaryl/α,β-unsaturated/α-hetero) is 1. The third-order valence-corrected chi connectivity index (χ3v) is 4.61. The van der Waals surface area contributed by atoms with E-state index in [0.29, 0.717) is 5.76 Å². The van der Waals surface area contributed by atoms with Gasteiger partial charge in [-0.2, -0.15) is 0 Å². The summed E-state index contributed by atoms with van der Waals surface area (Å²) in [5.41, 5.74) is 1.61. The maximum absolute atomic E-state index is 12.9. The van der Waals surface area contributed by atoms with Crippen LogP contribution in [-0.4, -0.2) is 30.3 Å². The van der Waals surface area contributed by atoms with Crippen molar-refractivity contribution in [3.8, 4) is 0 Å². The Hall–Kier alpha value is -1.61. The van der Waals surface area contributed by atoms with Crippen LogP contribution in [-0.2, 0) is 0 Å². The number of carbonyl (C=O) groups excluding carboxylic acids is 1. The summed E-state index contributed by atoms with van der Waals surface area (Å²) < 4.78 is 5.80. The second-order valence-corrected chi connectivity index (χ2v) is 6.11. The molecule has 0 spiro atoms. The number of fused-ring (bicyclic) bond motifs is 1. The first kappa shape index (κ1) is 13.4. The van der Waals surface area contributed by atoms with Crippen molar-refractivity contribution in [2.75, 3.05) is 14.1 Å². The lowest BCUT2D eigenvalue weighted by atomic mass is 9.89. The standard InChI is InChI=1S/C17H21NO2/c1-12-6-7-14-13(10-12)11-15(20-14)16(19)17(18(2)3)8-4-5-9-17/h6-7,10-11H,4-5,8-9H2,1-3H3. The van der Waals surface area contributed by atoms with Gasteiger partial charge in [0, 0.05) is 5.39 Å². The van der Waals surface area contributed by atoms with Crippen molar-refractivity contribution in [1.82, 2.24) is 4.90 Å². The van der Waals surface area contributed by atoms with Crippen molar-refractivity contribution in [3.63, 3.8) is 0 Å². The van der Waals surface area contributed by atoms with Crippen LogP contribution in [0.4, 0.5) is 0 Å². The quantitative estimate of drug-likeness (QED) is 0.796. The lowest BCUT2D eigenvalue weighted by Gasteiger charge is -2.33. The number of furan rings is 1. The van der Waals surface area contributed by atoms with Crippen LogP contribution in [0.5, 0.6) is 0 Å². The van der Waals surface area contributed by atoms with Gasteiger partial charge in [0.15, 0.2) is 5.76 Å². The molecule has 0 atom stereocenters. The summed E-state index contributed by atoms with van der Waals surface area (Å²) in [7, 11) is 3.99. The Balaban J connectivity index is 2.03. The van der Waals surface area contributed by atoms with E-state index in [1.165, 1.54) is 5.56 Å². The van der Waals surface area contributed by atoms with Crippen molar-refractivity contribution >= 4 is 16.8 Å². The normalized spacial score (nSPS) is 18.0. The maximum Gasteiger partial charge on any atom is 0.218 e. The summed E-state index contributed by atoms with van der Waals surface area (Å²) in [6, 6.07) is 7.91. The Morgan fingerprint density at radius 2 is 1.90 bits per heavy atom. The van der Waals surface area contributed by atoms with Crippen molar-refractivity contribution < 1.29 is 9.21 Å². The van der Waals surface area contributed by atoms with Crippen LogP contribution in [0.3, 0.4) is 0 Å². The van der Waals surface area contributed by atoms with E-state index in [9.17, 15) is 4.79 Å². The predicted octanol–water partition coefficient (Wildman–Crippen LogP) is 3.80. The topological polar surface area (TPSA) is 33.5 Å². The molecule has 1 aliphatic rings. The Bertz CT molecular complexity index is 648. The van der Waals surface area contributed by atoms with Crippen LogP contribution in [0.1, 0.15) is 41.8 Å². The zero-order valence-corrected chi connectivity index (χ0v) is 12.4. The smallest absolute Gasteiger partial charge is 0.218 e. The van der Waals surface area contributed by atoms with Crippen LogP contribution in [0.25, 0.3) is 11.0 Å². The summed E-state index contributed by atoms with van der Waals surface area (Å²) in [6.45, 7) is 2.05. The van der Waals surface area contributed by atoms with Gasteiger partial charge in [0.25, 0.3) is 0 Å². The molecule has 0 aliphatic heterocycles. The molecule has 1 aromatic carbocycles. The number of hydrogen-bond donors (Lipinski definition) is 0. The average molecular weight is 271 g/mol. The van der Waals surface area contributed by atoms with E-state index < -0.39 is 0 Å². The van der Waals surface area contributed by atoms with Gasteiger partial charge < -0.3 is 4.42 Å². The molecule has 0 bridgehead atoms. The Kier molecular flexibility index (Phi) is 3.17. The van der Waals surface area contributed by atoms with Crippen molar-refractivity contribution in [1.29, 1.82) is 0 Å². The highest BCUT2D eigenvalue weighted by Crippen LogP contribution is 2.37. The van der Waals surface area contributed by atoms with E-state index in [0.717, 1.165) is 36.7 Å². The summed E-state index contributed by atoms with van der Waals surface area (Å²) in [6.07, 6.45) is 4.08. The summed E-state index contributed by atoms with van der Waals surface area (Å²) in [5.74, 6) is 0.634. The number of carbonyl (C=O) groups is 1. The fourth-order valence-electron chi connectivity index (χ4n) is 3.34. The number of aryl methyl sites for hydroxylation is 1. The Morgan fingerprint density at radius 3 is 2.55 bits per heavy atom. The number of nitrogens with zero attached hydrogens (tertiary/aromatic N) is 1. The predicted molar refractivity (Wildman–Crippen MR) is 80.2 cm³/mol. The first-order valence-corrected chi connectivity index (χ1v) is 7.25. The molecule has 3 heteroatoms. The van der Waals surface area contributed by atoms with Crippen LogP contribution in [0.15, 0.2) is 28.7 Å². The van der Waals surface area contributed by atoms with Crippen molar-refractivity contribution in [3.05, 3.63) is 35.6 Å². The minimum Gasteiger partial charge on any atom is -0.453 e. The Labute approximate surface area is 119 Å². The lowest BCUT2D eigenvalue weighted by Crippen LogP contribution is -2.48. The number of likely N-dealkylation sites (N-methyl/N-ethyl adjacent to an activating group) is 1. The van der Waals surface area contributed by atoms with E-state index in [1.807, 2.05) is 39.2 Å². The molecule has 3 nitrogen and oxygen atoms in total. The summed E-state index contributed by atoms with van der Waals surface area (Å²) in [4.78, 5) is 15.0. The summed E-state index contributed by atoms with van der Waals surface area (Å²) in [5, 5.41) is 1.01. The Morgan fingerprint density at radius 1 is 1.20 bits per heavy atom. The molecule has 0 radical (unpaired) electrons. The van der Waals surface area contributed by atoms with Crippen LogP contribution in [0, 0.1) is 6.92 Å². The van der Waals surface area contributed by atoms with Gasteiger partial charge in [0.05, 0.1) is 5.54 Å². The second-order valence-electron chi connectivity index (χ2n) is 6.11. The number of rotatable bonds is 3. The average Bonchev–Trinajstić information content (AvgIpc) is 3.04. The molecule has 1 saturated carbocycles. The zero-order valence-electron chi connectivity index (χ0n) is 12.4. The molecule has 3 rings (SSSR count). The SMILES string of the molecule is Cc1ccc2oc(C(=O)C3(N(C)C)CCCC3)cc2c1. The van der Waals surface area contributed by atoms with E-state index in [4.69, 9.17) is 4.42 Å². The van der Waals surface area contributed by atoms with Gasteiger partial charge in [-0.25, -0.2) is 0 Å². The van der Waals surface area contributed by atoms with Crippen LogP contribution in [0.2, 0.25) is 0 Å². The molecule has 2 aromatic rings. The third-order valence-electron chi connectivity index (χ3n) is 4.61. The minimum absolute atomic E-state index is 0.133. The number of ketones is 1. The highest BCUT2D eigenvalue weighted by atomic mass is 16.3. The second kappa shape index (κ2) is 4.74. The van der Waals surface area contributed by atoms with Gasteiger partial charge in [-0.1, -0.05) is 24.5 Å². The monoisotopic (exact) mass is 271 g/mol. The van der Waals surface area contributed by atoms with E-state index >= 15 is 0 Å². The first-order chi connectivity index (χ1) is 9.53. The highest BCUT2D eigenvalue weighted by Gasteiger charge is 2.44. The van der Waals surface area contributed by atoms with Gasteiger partial charge in [0.2, 0.25) is 5.78 Å². The molecular weight excluding hydrogens is 250 g/mol. The molecular formula is C17H21NO2.